The second-order valence-electron chi connectivity index (χ2n) is 6.06. The number of halogens is 1. The van der Waals surface area contributed by atoms with Gasteiger partial charge in [0.25, 0.3) is 0 Å². The van der Waals surface area contributed by atoms with Crippen LogP contribution in [0, 0.1) is 33.5 Å². The van der Waals surface area contributed by atoms with E-state index in [-0.39, 0.29) is 5.82 Å². The molecule has 2 aromatic carbocycles. The zero-order valence-electron chi connectivity index (χ0n) is 14.7. The molecule has 0 N–H and O–H groups in total. The summed E-state index contributed by atoms with van der Waals surface area (Å²) < 4.78 is 24.1. The highest BCUT2D eigenvalue weighted by atomic mass is 19.1. The summed E-state index contributed by atoms with van der Waals surface area (Å²) in [4.78, 5) is 0. The second-order valence-corrected chi connectivity index (χ2v) is 6.06. The Labute approximate surface area is 132 Å². The number of benzene rings is 2. The lowest BCUT2D eigenvalue weighted by atomic mass is 9.94. The van der Waals surface area contributed by atoms with Crippen LogP contribution in [0.1, 0.15) is 23.8 Å². The molecule has 22 heavy (non-hydrogen) atoms. The SMILES string of the molecule is [2H]c1c(C)[n+](C)c(-c2cc(C)cc(C)c2C)c2ccc(F)cc12. The maximum absolute atomic E-state index is 13.7. The molecule has 0 aliphatic rings. The monoisotopic (exact) mass is 295 g/mol. The average Bonchev–Trinajstić information content (AvgIpc) is 2.50. The van der Waals surface area contributed by atoms with Gasteiger partial charge in [-0.15, -0.1) is 0 Å². The normalized spacial score (nSPS) is 11.8. The lowest BCUT2D eigenvalue weighted by Gasteiger charge is -2.12. The van der Waals surface area contributed by atoms with Crippen LogP contribution in [0.4, 0.5) is 4.39 Å². The fraction of sp³-hybridized carbons (Fsp3) is 0.250. The third-order valence-electron chi connectivity index (χ3n) is 4.46. The topological polar surface area (TPSA) is 3.88 Å². The number of aromatic nitrogens is 1. The van der Waals surface area contributed by atoms with E-state index >= 15 is 0 Å². The van der Waals surface area contributed by atoms with Crippen molar-refractivity contribution in [3.8, 4) is 11.3 Å². The highest BCUT2D eigenvalue weighted by Gasteiger charge is 2.20. The molecular formula is C20H21FN+. The molecule has 1 aromatic heterocycles. The van der Waals surface area contributed by atoms with Crippen molar-refractivity contribution in [1.29, 1.82) is 0 Å². The van der Waals surface area contributed by atoms with E-state index in [0.717, 1.165) is 22.3 Å². The van der Waals surface area contributed by atoms with E-state index in [1.165, 1.54) is 28.8 Å². The van der Waals surface area contributed by atoms with Gasteiger partial charge in [0, 0.05) is 13.0 Å². The van der Waals surface area contributed by atoms with Gasteiger partial charge in [0.05, 0.1) is 12.3 Å². The second kappa shape index (κ2) is 5.20. The predicted octanol–water partition coefficient (Wildman–Crippen LogP) is 4.70. The van der Waals surface area contributed by atoms with Crippen LogP contribution >= 0.6 is 0 Å². The maximum atomic E-state index is 13.7. The van der Waals surface area contributed by atoms with E-state index in [9.17, 15) is 4.39 Å². The molecule has 3 rings (SSSR count). The van der Waals surface area contributed by atoms with Gasteiger partial charge in [-0.05, 0) is 61.5 Å². The highest BCUT2D eigenvalue weighted by molar-refractivity contribution is 5.94. The molecule has 0 saturated carbocycles. The average molecular weight is 295 g/mol. The van der Waals surface area contributed by atoms with Gasteiger partial charge < -0.3 is 0 Å². The summed E-state index contributed by atoms with van der Waals surface area (Å²) in [6.45, 7) is 8.22. The number of aryl methyl sites for hydroxylation is 2. The quantitative estimate of drug-likeness (QED) is 0.573. The van der Waals surface area contributed by atoms with Crippen molar-refractivity contribution >= 4 is 10.8 Å². The van der Waals surface area contributed by atoms with Crippen LogP contribution in [-0.4, -0.2) is 0 Å². The standard InChI is InChI=1S/C20H21FN/c1-12-8-13(2)15(4)19(9-12)20-18-7-6-17(21)11-16(18)10-14(3)22(20)5/h6-11H,1-5H3/q+1/i10D. The molecule has 0 saturated heterocycles. The first kappa shape index (κ1) is 13.4. The van der Waals surface area contributed by atoms with Crippen molar-refractivity contribution in [2.75, 3.05) is 0 Å². The molecule has 2 heteroatoms. The molecule has 1 nitrogen and oxygen atoms in total. The summed E-state index contributed by atoms with van der Waals surface area (Å²) in [5.41, 5.74) is 6.67. The van der Waals surface area contributed by atoms with Crippen LogP contribution in [0.2, 0.25) is 0 Å². The number of fused-ring (bicyclic) bond motifs is 1. The number of hydrogen-bond acceptors (Lipinski definition) is 0. The summed E-state index contributed by atoms with van der Waals surface area (Å²) >= 11 is 0. The summed E-state index contributed by atoms with van der Waals surface area (Å²) in [5, 5.41) is 1.58. The van der Waals surface area contributed by atoms with Gasteiger partial charge in [0.15, 0.2) is 5.69 Å². The van der Waals surface area contributed by atoms with Gasteiger partial charge in [-0.3, -0.25) is 0 Å². The van der Waals surface area contributed by atoms with Gasteiger partial charge in [0.1, 0.15) is 12.9 Å². The van der Waals surface area contributed by atoms with Gasteiger partial charge in [-0.1, -0.05) is 11.6 Å². The minimum atomic E-state index is -0.303. The van der Waals surface area contributed by atoms with Crippen molar-refractivity contribution in [3.05, 3.63) is 64.6 Å². The zero-order valence-corrected chi connectivity index (χ0v) is 13.7. The van der Waals surface area contributed by atoms with E-state index in [1.807, 2.05) is 18.5 Å². The van der Waals surface area contributed by atoms with Crippen molar-refractivity contribution in [2.24, 2.45) is 7.05 Å². The van der Waals surface area contributed by atoms with Gasteiger partial charge in [0.2, 0.25) is 5.69 Å². The lowest BCUT2D eigenvalue weighted by molar-refractivity contribution is -0.665. The molecule has 0 spiro atoms. The molecule has 3 aromatic rings. The van der Waals surface area contributed by atoms with Crippen molar-refractivity contribution < 1.29 is 10.3 Å². The Bertz CT molecular complexity index is 945. The molecule has 0 aliphatic heterocycles. The summed E-state index contributed by atoms with van der Waals surface area (Å²) in [5.74, 6) is -0.303. The molecule has 0 bridgehead atoms. The fourth-order valence-corrected chi connectivity index (χ4v) is 3.07. The predicted molar refractivity (Wildman–Crippen MR) is 89.5 cm³/mol. The fourth-order valence-electron chi connectivity index (χ4n) is 3.07. The van der Waals surface area contributed by atoms with Gasteiger partial charge >= 0.3 is 0 Å². The number of hydrogen-bond donors (Lipinski definition) is 0. The highest BCUT2D eigenvalue weighted by Crippen LogP contribution is 2.31. The van der Waals surface area contributed by atoms with Gasteiger partial charge in [-0.2, -0.15) is 4.57 Å². The van der Waals surface area contributed by atoms with Crippen LogP contribution < -0.4 is 4.57 Å². The molecule has 0 radical (unpaired) electrons. The maximum Gasteiger partial charge on any atom is 0.220 e. The third-order valence-corrected chi connectivity index (χ3v) is 4.46. The summed E-state index contributed by atoms with van der Waals surface area (Å²) in [7, 11) is 1.97. The van der Waals surface area contributed by atoms with Crippen LogP contribution in [0.15, 0.2) is 36.4 Å². The Morgan fingerprint density at radius 1 is 1.05 bits per heavy atom. The molecule has 0 amide bonds. The van der Waals surface area contributed by atoms with E-state index in [1.54, 1.807) is 6.07 Å². The molecule has 0 fully saturated rings. The Balaban J connectivity index is 2.52. The Morgan fingerprint density at radius 2 is 1.77 bits per heavy atom. The molecule has 1 heterocycles. The summed E-state index contributed by atoms with van der Waals surface area (Å²) in [6, 6.07) is 9.45. The van der Waals surface area contributed by atoms with Crippen LogP contribution in [0.5, 0.6) is 0 Å². The number of pyridine rings is 1. The van der Waals surface area contributed by atoms with Crippen molar-refractivity contribution in [2.45, 2.75) is 27.7 Å². The molecular weight excluding hydrogens is 273 g/mol. The third kappa shape index (κ3) is 2.29. The van der Waals surface area contributed by atoms with E-state index < -0.39 is 0 Å². The largest absolute Gasteiger partial charge is 0.220 e. The molecule has 0 aliphatic carbocycles. The van der Waals surface area contributed by atoms with E-state index in [0.29, 0.717) is 11.4 Å². The Hall–Kier alpha value is -2.22. The van der Waals surface area contributed by atoms with E-state index in [4.69, 9.17) is 1.37 Å². The van der Waals surface area contributed by atoms with Crippen LogP contribution in [0.25, 0.3) is 22.0 Å². The molecule has 112 valence electrons. The molecule has 0 atom stereocenters. The lowest BCUT2D eigenvalue weighted by Crippen LogP contribution is -2.35. The Kier molecular flexibility index (Phi) is 3.18. The minimum absolute atomic E-state index is 0.303. The number of nitrogens with zero attached hydrogens (tertiary/aromatic N) is 1. The smallest absolute Gasteiger partial charge is 0.207 e. The first-order valence-corrected chi connectivity index (χ1v) is 7.48. The summed E-state index contributed by atoms with van der Waals surface area (Å²) in [6.07, 6.45) is 0. The van der Waals surface area contributed by atoms with E-state index in [2.05, 4.69) is 32.9 Å². The van der Waals surface area contributed by atoms with Crippen molar-refractivity contribution in [1.82, 2.24) is 0 Å². The van der Waals surface area contributed by atoms with Crippen molar-refractivity contribution in [3.63, 3.8) is 0 Å². The Morgan fingerprint density at radius 3 is 2.50 bits per heavy atom. The zero-order chi connectivity index (χ0) is 16.9. The first-order valence-electron chi connectivity index (χ1n) is 7.98. The molecule has 0 unspecified atom stereocenters. The van der Waals surface area contributed by atoms with Crippen LogP contribution in [-0.2, 0) is 7.05 Å². The first-order chi connectivity index (χ1) is 10.8. The van der Waals surface area contributed by atoms with Crippen LogP contribution in [0.3, 0.4) is 0 Å². The van der Waals surface area contributed by atoms with Gasteiger partial charge in [-0.25, -0.2) is 4.39 Å². The number of rotatable bonds is 1. The minimum Gasteiger partial charge on any atom is -0.207 e.